The Morgan fingerprint density at radius 2 is 0.746 bits per heavy atom. The highest BCUT2D eigenvalue weighted by molar-refractivity contribution is 5.76. The zero-order valence-electron chi connectivity index (χ0n) is 42.6. The average Bonchev–Trinajstić information content (AvgIpc) is 3.28. The molecule has 6 heteroatoms. The fourth-order valence-electron chi connectivity index (χ4n) is 8.93. The predicted molar refractivity (Wildman–Crippen MR) is 273 cm³/mol. The van der Waals surface area contributed by atoms with Crippen LogP contribution in [0, 0.1) is 0 Å². The Labute approximate surface area is 393 Å². The van der Waals surface area contributed by atoms with Crippen molar-refractivity contribution in [1.82, 2.24) is 5.32 Å². The number of carbonyl (C=O) groups is 2. The first-order valence-electron chi connectivity index (χ1n) is 28.4. The number of unbranched alkanes of at least 4 members (excludes halogenated alkanes) is 40. The van der Waals surface area contributed by atoms with Gasteiger partial charge < -0.3 is 20.3 Å². The summed E-state index contributed by atoms with van der Waals surface area (Å²) in [6.07, 6.45) is 62.0. The zero-order chi connectivity index (χ0) is 45.8. The van der Waals surface area contributed by atoms with Crippen LogP contribution >= 0.6 is 0 Å². The Balaban J connectivity index is 3.38. The van der Waals surface area contributed by atoms with Crippen LogP contribution in [0.5, 0.6) is 0 Å². The Bertz CT molecular complexity index is 939. The lowest BCUT2D eigenvalue weighted by Crippen LogP contribution is -2.45. The monoisotopic (exact) mass is 890 g/mol. The minimum Gasteiger partial charge on any atom is -0.466 e. The van der Waals surface area contributed by atoms with Crippen LogP contribution < -0.4 is 5.32 Å². The van der Waals surface area contributed by atoms with Gasteiger partial charge in [0.05, 0.1) is 25.4 Å². The number of hydrogen-bond donors (Lipinski definition) is 3. The van der Waals surface area contributed by atoms with Crippen molar-refractivity contribution in [2.45, 2.75) is 328 Å². The van der Waals surface area contributed by atoms with Crippen LogP contribution in [0.1, 0.15) is 316 Å². The molecule has 0 heterocycles. The van der Waals surface area contributed by atoms with Gasteiger partial charge in [0.25, 0.3) is 0 Å². The summed E-state index contributed by atoms with van der Waals surface area (Å²) in [5.74, 6) is -0.0375. The molecule has 0 saturated heterocycles. The van der Waals surface area contributed by atoms with Gasteiger partial charge in [-0.2, -0.15) is 0 Å². The van der Waals surface area contributed by atoms with Gasteiger partial charge in [0.1, 0.15) is 0 Å². The summed E-state index contributed by atoms with van der Waals surface area (Å²) < 4.78 is 5.49. The third-order valence-electron chi connectivity index (χ3n) is 13.3. The van der Waals surface area contributed by atoms with Gasteiger partial charge in [-0.05, 0) is 51.4 Å². The van der Waals surface area contributed by atoms with E-state index in [0.717, 1.165) is 44.9 Å². The fourth-order valence-corrected chi connectivity index (χ4v) is 8.93. The van der Waals surface area contributed by atoms with Crippen molar-refractivity contribution in [3.05, 3.63) is 12.2 Å². The lowest BCUT2D eigenvalue weighted by atomic mass is 10.0. The maximum atomic E-state index is 12.4. The highest BCUT2D eigenvalue weighted by atomic mass is 16.5. The molecule has 0 aromatic rings. The van der Waals surface area contributed by atoms with Crippen molar-refractivity contribution < 1.29 is 24.5 Å². The van der Waals surface area contributed by atoms with Gasteiger partial charge in [0.2, 0.25) is 5.91 Å². The number of amides is 1. The summed E-state index contributed by atoms with van der Waals surface area (Å²) in [4.78, 5) is 24.5. The number of aliphatic hydroxyl groups is 2. The molecule has 374 valence electrons. The lowest BCUT2D eigenvalue weighted by Gasteiger charge is -2.22. The summed E-state index contributed by atoms with van der Waals surface area (Å²) in [6.45, 7) is 4.94. The van der Waals surface area contributed by atoms with Gasteiger partial charge in [0, 0.05) is 12.8 Å². The van der Waals surface area contributed by atoms with Gasteiger partial charge >= 0.3 is 5.97 Å². The number of allylic oxidation sites excluding steroid dienone is 2. The van der Waals surface area contributed by atoms with Crippen LogP contribution in [0.2, 0.25) is 0 Å². The Morgan fingerprint density at radius 1 is 0.429 bits per heavy atom. The van der Waals surface area contributed by atoms with E-state index in [2.05, 4.69) is 31.3 Å². The normalized spacial score (nSPS) is 12.6. The number of rotatable bonds is 53. The Hall–Kier alpha value is -1.40. The van der Waals surface area contributed by atoms with Gasteiger partial charge in [-0.15, -0.1) is 0 Å². The molecule has 2 unspecified atom stereocenters. The SMILES string of the molecule is CCCCCCCCC/C=C\CCCCCCCCCC(=O)OCCCCCCCCCCCCCCCCCCCC(=O)NC(CO)C(O)CCCCCCCCCCCCC. The molecule has 3 N–H and O–H groups in total. The maximum absolute atomic E-state index is 12.4. The van der Waals surface area contributed by atoms with Crippen LogP contribution in [-0.4, -0.2) is 47.4 Å². The third kappa shape index (κ3) is 49.9. The second-order valence-electron chi connectivity index (χ2n) is 19.6. The molecule has 0 aromatic carbocycles. The van der Waals surface area contributed by atoms with Crippen molar-refractivity contribution in [2.24, 2.45) is 0 Å². The largest absolute Gasteiger partial charge is 0.466 e. The van der Waals surface area contributed by atoms with Crippen LogP contribution in [0.3, 0.4) is 0 Å². The second kappa shape index (κ2) is 53.2. The van der Waals surface area contributed by atoms with Crippen molar-refractivity contribution in [1.29, 1.82) is 0 Å². The molecule has 0 saturated carbocycles. The zero-order valence-corrected chi connectivity index (χ0v) is 42.6. The molecule has 6 nitrogen and oxygen atoms in total. The van der Waals surface area contributed by atoms with E-state index in [4.69, 9.17) is 4.74 Å². The molecule has 0 aliphatic heterocycles. The van der Waals surface area contributed by atoms with Gasteiger partial charge in [0.15, 0.2) is 0 Å². The third-order valence-corrected chi connectivity index (χ3v) is 13.3. The minimum atomic E-state index is -0.666. The van der Waals surface area contributed by atoms with E-state index in [-0.39, 0.29) is 18.5 Å². The average molecular weight is 891 g/mol. The first-order valence-corrected chi connectivity index (χ1v) is 28.4. The first-order chi connectivity index (χ1) is 31.0. The molecule has 0 rings (SSSR count). The molecular weight excluding hydrogens is 779 g/mol. The standard InChI is InChI=1S/C57H111NO5/c1-3-5-7-9-11-13-15-16-17-18-21-24-27-31-35-39-43-47-51-57(62)63-52-48-44-40-36-32-28-25-22-19-20-23-26-30-34-38-42-46-50-56(61)58-54(53-59)55(60)49-45-41-37-33-29-14-12-10-8-6-4-2/h17-18,54-55,59-60H,3-16,19-53H2,1-2H3,(H,58,61)/b18-17-. The summed E-state index contributed by atoms with van der Waals surface area (Å²) in [6, 6.07) is -0.543. The van der Waals surface area contributed by atoms with Crippen LogP contribution in [-0.2, 0) is 14.3 Å². The van der Waals surface area contributed by atoms with Gasteiger partial charge in [-0.1, -0.05) is 264 Å². The molecule has 1 amide bonds. The number of aliphatic hydroxyl groups excluding tert-OH is 2. The van der Waals surface area contributed by atoms with E-state index in [1.165, 1.54) is 238 Å². The molecule has 0 fully saturated rings. The Kier molecular flexibility index (Phi) is 52.0. The van der Waals surface area contributed by atoms with E-state index in [1.54, 1.807) is 0 Å². The van der Waals surface area contributed by atoms with Crippen molar-refractivity contribution in [3.63, 3.8) is 0 Å². The smallest absolute Gasteiger partial charge is 0.305 e. The summed E-state index contributed by atoms with van der Waals surface area (Å²) in [5.41, 5.74) is 0. The Morgan fingerprint density at radius 3 is 1.13 bits per heavy atom. The van der Waals surface area contributed by atoms with E-state index < -0.39 is 12.1 Å². The summed E-state index contributed by atoms with van der Waals surface area (Å²) in [7, 11) is 0. The molecule has 2 atom stereocenters. The number of ether oxygens (including phenoxy) is 1. The molecule has 63 heavy (non-hydrogen) atoms. The number of carbonyl (C=O) groups excluding carboxylic acids is 2. The highest BCUT2D eigenvalue weighted by Gasteiger charge is 2.20. The van der Waals surface area contributed by atoms with Crippen molar-refractivity contribution >= 4 is 11.9 Å². The summed E-state index contributed by atoms with van der Waals surface area (Å²) >= 11 is 0. The second-order valence-corrected chi connectivity index (χ2v) is 19.6. The van der Waals surface area contributed by atoms with Crippen LogP contribution in [0.4, 0.5) is 0 Å². The minimum absolute atomic E-state index is 0.00283. The van der Waals surface area contributed by atoms with E-state index in [1.807, 2.05) is 0 Å². The molecular formula is C57H111NO5. The van der Waals surface area contributed by atoms with Crippen LogP contribution in [0.25, 0.3) is 0 Å². The number of esters is 1. The first kappa shape index (κ1) is 61.6. The maximum Gasteiger partial charge on any atom is 0.305 e. The quantitative estimate of drug-likeness (QED) is 0.0321. The van der Waals surface area contributed by atoms with Crippen LogP contribution in [0.15, 0.2) is 12.2 Å². The van der Waals surface area contributed by atoms with Crippen molar-refractivity contribution in [2.75, 3.05) is 13.2 Å². The number of nitrogens with one attached hydrogen (secondary N) is 1. The molecule has 0 aliphatic rings. The highest BCUT2D eigenvalue weighted by Crippen LogP contribution is 2.17. The molecule has 0 spiro atoms. The fraction of sp³-hybridized carbons (Fsp3) is 0.930. The lowest BCUT2D eigenvalue weighted by molar-refractivity contribution is -0.143. The number of hydrogen-bond acceptors (Lipinski definition) is 5. The molecule has 0 bridgehead atoms. The van der Waals surface area contributed by atoms with Crippen molar-refractivity contribution in [3.8, 4) is 0 Å². The molecule has 0 radical (unpaired) electrons. The van der Waals surface area contributed by atoms with E-state index in [9.17, 15) is 19.8 Å². The summed E-state index contributed by atoms with van der Waals surface area (Å²) in [5, 5.41) is 23.2. The van der Waals surface area contributed by atoms with E-state index >= 15 is 0 Å². The van der Waals surface area contributed by atoms with Gasteiger partial charge in [-0.3, -0.25) is 9.59 Å². The predicted octanol–water partition coefficient (Wildman–Crippen LogP) is 17.3. The molecule has 0 aromatic heterocycles. The molecule has 0 aliphatic carbocycles. The van der Waals surface area contributed by atoms with E-state index in [0.29, 0.717) is 25.9 Å². The topological polar surface area (TPSA) is 95.9 Å². The van der Waals surface area contributed by atoms with Gasteiger partial charge in [-0.25, -0.2) is 0 Å².